The maximum atomic E-state index is 9.43. The van der Waals surface area contributed by atoms with E-state index in [0.717, 1.165) is 42.7 Å². The summed E-state index contributed by atoms with van der Waals surface area (Å²) >= 11 is 6.22. The molecule has 2 aromatic rings. The van der Waals surface area contributed by atoms with Crippen LogP contribution in [0, 0.1) is 0 Å². The fourth-order valence-corrected chi connectivity index (χ4v) is 4.85. The van der Waals surface area contributed by atoms with Gasteiger partial charge in [0.15, 0.2) is 14.2 Å². The molecule has 1 aliphatic heterocycles. The number of methoxy groups -OCH3 is 1. The number of hydrogen-bond acceptors (Lipinski definition) is 8. The van der Waals surface area contributed by atoms with Gasteiger partial charge in [-0.15, -0.1) is 5.10 Å². The van der Waals surface area contributed by atoms with Gasteiger partial charge in [-0.25, -0.2) is 4.52 Å². The lowest BCUT2D eigenvalue weighted by molar-refractivity contribution is -0.0413. The highest BCUT2D eigenvalue weighted by Crippen LogP contribution is 2.37. The molecule has 2 fully saturated rings. The second-order valence-electron chi connectivity index (χ2n) is 7.80. The molecule has 0 bridgehead atoms. The van der Waals surface area contributed by atoms with E-state index in [0.29, 0.717) is 6.04 Å². The fraction of sp³-hybridized carbons (Fsp3) is 0.684. The average Bonchev–Trinajstić information content (AvgIpc) is 3.45. The first-order valence-electron chi connectivity index (χ1n) is 10.3. The highest BCUT2D eigenvalue weighted by Gasteiger charge is 2.31. The predicted octanol–water partition coefficient (Wildman–Crippen LogP) is 3.24. The van der Waals surface area contributed by atoms with Crippen molar-refractivity contribution in [3.8, 4) is 0 Å². The van der Waals surface area contributed by atoms with Crippen molar-refractivity contribution in [1.29, 1.82) is 0 Å². The maximum absolute atomic E-state index is 9.43. The lowest BCUT2D eigenvalue weighted by Crippen LogP contribution is -2.24. The zero-order valence-electron chi connectivity index (χ0n) is 16.9. The molecule has 166 valence electrons. The van der Waals surface area contributed by atoms with E-state index in [4.69, 9.17) is 25.8 Å². The number of nitrogens with zero attached hydrogens (tertiary/aromatic N) is 3. The summed E-state index contributed by atoms with van der Waals surface area (Å²) < 4.78 is 18.6. The summed E-state index contributed by atoms with van der Waals surface area (Å²) in [5.74, 6) is 0.0187. The third kappa shape index (κ3) is 5.05. The molecule has 2 aliphatic rings. The Balaban J connectivity index is 1.44. The molecule has 0 spiro atoms. The van der Waals surface area contributed by atoms with E-state index in [2.05, 4.69) is 15.4 Å². The van der Waals surface area contributed by atoms with Gasteiger partial charge in [0.25, 0.3) is 0 Å². The minimum absolute atomic E-state index is 0.129. The Morgan fingerprint density at radius 3 is 2.83 bits per heavy atom. The number of fused-ring (bicyclic) bond motifs is 1. The third-order valence-corrected chi connectivity index (χ3v) is 6.66. The van der Waals surface area contributed by atoms with E-state index >= 15 is 0 Å². The van der Waals surface area contributed by atoms with Crippen molar-refractivity contribution in [3.63, 3.8) is 0 Å². The van der Waals surface area contributed by atoms with Crippen molar-refractivity contribution in [2.24, 2.45) is 0 Å². The molecule has 0 radical (unpaired) electrons. The van der Waals surface area contributed by atoms with Crippen LogP contribution in [0.25, 0.3) is 5.52 Å². The quantitative estimate of drug-likeness (QED) is 0.491. The fourth-order valence-electron chi connectivity index (χ4n) is 4.19. The van der Waals surface area contributed by atoms with Crippen LogP contribution in [0.4, 0.5) is 5.82 Å². The standard InChI is InChI=1S/C19H28ClN4O5P/c1-27-11-17(30(25)26)28-10-13-6-9-16(29-13)14-7-8-15-18(21-12-4-2-3-5-12)22-19(20)23-24(14)15/h7-8,12-13,16-17,25-26H,2-6,9-11H2,1H3,(H,21,22,23). The molecule has 4 rings (SSSR count). The number of rotatable bonds is 9. The Kier molecular flexibility index (Phi) is 7.41. The average molecular weight is 459 g/mol. The summed E-state index contributed by atoms with van der Waals surface area (Å²) in [6.45, 7) is 0.405. The van der Waals surface area contributed by atoms with Gasteiger partial charge in [0.2, 0.25) is 5.28 Å². The van der Waals surface area contributed by atoms with Gasteiger partial charge in [0.1, 0.15) is 17.5 Å². The highest BCUT2D eigenvalue weighted by molar-refractivity contribution is 7.45. The number of nitrogens with one attached hydrogen (secondary N) is 1. The lowest BCUT2D eigenvalue weighted by atomic mass is 10.1. The number of ether oxygens (including phenoxy) is 3. The van der Waals surface area contributed by atoms with E-state index in [1.807, 2.05) is 16.6 Å². The van der Waals surface area contributed by atoms with Crippen molar-refractivity contribution >= 4 is 31.3 Å². The molecule has 2 aromatic heterocycles. The first kappa shape index (κ1) is 22.1. The molecule has 3 unspecified atom stereocenters. The Morgan fingerprint density at radius 2 is 2.10 bits per heavy atom. The van der Waals surface area contributed by atoms with Crippen LogP contribution in [0.5, 0.6) is 0 Å². The number of anilines is 1. The molecule has 0 aromatic carbocycles. The van der Waals surface area contributed by atoms with Gasteiger partial charge in [-0.1, -0.05) is 12.8 Å². The van der Waals surface area contributed by atoms with E-state index in [1.165, 1.54) is 20.0 Å². The Morgan fingerprint density at radius 1 is 1.30 bits per heavy atom. The maximum Gasteiger partial charge on any atom is 0.243 e. The molecular formula is C19H28ClN4O5P. The van der Waals surface area contributed by atoms with Crippen molar-refractivity contribution in [2.45, 2.75) is 62.6 Å². The van der Waals surface area contributed by atoms with Crippen LogP contribution in [-0.4, -0.2) is 62.7 Å². The highest BCUT2D eigenvalue weighted by atomic mass is 35.5. The molecule has 3 atom stereocenters. The molecule has 30 heavy (non-hydrogen) atoms. The minimum Gasteiger partial charge on any atom is -0.381 e. The van der Waals surface area contributed by atoms with Crippen molar-refractivity contribution in [2.75, 3.05) is 25.6 Å². The second-order valence-corrected chi connectivity index (χ2v) is 9.35. The molecule has 3 N–H and O–H groups in total. The second kappa shape index (κ2) is 10.0. The van der Waals surface area contributed by atoms with Gasteiger partial charge in [0.05, 0.1) is 25.0 Å². The molecule has 0 amide bonds. The van der Waals surface area contributed by atoms with Gasteiger partial charge in [-0.05, 0) is 49.4 Å². The summed E-state index contributed by atoms with van der Waals surface area (Å²) in [6.07, 6.45) is 6.09. The van der Waals surface area contributed by atoms with Gasteiger partial charge in [0, 0.05) is 13.2 Å². The summed E-state index contributed by atoms with van der Waals surface area (Å²) in [5, 5.41) is 8.11. The zero-order chi connectivity index (χ0) is 21.1. The van der Waals surface area contributed by atoms with Gasteiger partial charge >= 0.3 is 0 Å². The van der Waals surface area contributed by atoms with E-state index < -0.39 is 14.2 Å². The van der Waals surface area contributed by atoms with Crippen molar-refractivity contribution in [3.05, 3.63) is 23.1 Å². The molecule has 1 saturated carbocycles. The van der Waals surface area contributed by atoms with Crippen LogP contribution < -0.4 is 5.32 Å². The largest absolute Gasteiger partial charge is 0.381 e. The number of halogens is 1. The number of hydrogen-bond donors (Lipinski definition) is 3. The normalized spacial score (nSPS) is 23.6. The van der Waals surface area contributed by atoms with E-state index in [1.54, 1.807) is 0 Å². The summed E-state index contributed by atoms with van der Waals surface area (Å²) in [7, 11) is -0.722. The molecular weight excluding hydrogens is 431 g/mol. The molecule has 3 heterocycles. The van der Waals surface area contributed by atoms with Crippen LogP contribution in [0.15, 0.2) is 12.1 Å². The Labute approximate surface area is 181 Å². The molecule has 9 nitrogen and oxygen atoms in total. The Bertz CT molecular complexity index is 848. The first-order valence-corrected chi connectivity index (χ1v) is 12.0. The van der Waals surface area contributed by atoms with E-state index in [-0.39, 0.29) is 30.7 Å². The van der Waals surface area contributed by atoms with E-state index in [9.17, 15) is 9.79 Å². The molecule has 1 aliphatic carbocycles. The SMILES string of the molecule is COCC(OCC1CCC(c2ccc3c(NC4CCCC4)nc(Cl)nn23)O1)P(O)O. The van der Waals surface area contributed by atoms with Crippen molar-refractivity contribution < 1.29 is 24.0 Å². The van der Waals surface area contributed by atoms with Gasteiger partial charge < -0.3 is 29.3 Å². The van der Waals surface area contributed by atoms with Crippen molar-refractivity contribution in [1.82, 2.24) is 14.6 Å². The topological polar surface area (TPSA) is 110 Å². The summed E-state index contributed by atoms with van der Waals surface area (Å²) in [4.78, 5) is 23.3. The number of aromatic nitrogens is 3. The zero-order valence-corrected chi connectivity index (χ0v) is 18.6. The lowest BCUT2D eigenvalue weighted by Gasteiger charge is -2.20. The monoisotopic (exact) mass is 458 g/mol. The smallest absolute Gasteiger partial charge is 0.243 e. The van der Waals surface area contributed by atoms with Crippen LogP contribution in [0.2, 0.25) is 5.28 Å². The molecule has 1 saturated heterocycles. The Hall–Kier alpha value is -1.06. The van der Waals surface area contributed by atoms with Crippen LogP contribution in [0.3, 0.4) is 0 Å². The van der Waals surface area contributed by atoms with Gasteiger partial charge in [-0.2, -0.15) is 4.98 Å². The minimum atomic E-state index is -2.22. The van der Waals surface area contributed by atoms with Crippen LogP contribution in [-0.2, 0) is 14.2 Å². The predicted molar refractivity (Wildman–Crippen MR) is 114 cm³/mol. The van der Waals surface area contributed by atoms with Crippen LogP contribution in [0.1, 0.15) is 50.3 Å². The summed E-state index contributed by atoms with van der Waals surface area (Å²) in [5.41, 5.74) is 1.81. The van der Waals surface area contributed by atoms with Crippen LogP contribution >= 0.6 is 20.0 Å². The third-order valence-electron chi connectivity index (χ3n) is 5.69. The van der Waals surface area contributed by atoms with Gasteiger partial charge in [-0.3, -0.25) is 0 Å². The summed E-state index contributed by atoms with van der Waals surface area (Å²) in [6, 6.07) is 4.42. The molecule has 11 heteroatoms. The first-order chi connectivity index (χ1) is 14.5.